The van der Waals surface area contributed by atoms with E-state index in [-0.39, 0.29) is 35.4 Å². The summed E-state index contributed by atoms with van der Waals surface area (Å²) in [5.74, 6) is 0.372. The van der Waals surface area contributed by atoms with E-state index in [1.165, 1.54) is 18.4 Å². The zero-order chi connectivity index (χ0) is 17.6. The van der Waals surface area contributed by atoms with Crippen LogP contribution in [0.5, 0.6) is 11.5 Å². The number of aliphatic hydroxyl groups excluding tert-OH is 2. The average Bonchev–Trinajstić information content (AvgIpc) is 2.44. The lowest BCUT2D eigenvalue weighted by Crippen LogP contribution is -2.51. The largest absolute Gasteiger partial charge is 0.507 e. The van der Waals surface area contributed by atoms with Crippen molar-refractivity contribution in [2.24, 2.45) is 0 Å². The lowest BCUT2D eigenvalue weighted by molar-refractivity contribution is 0.0538. The predicted molar refractivity (Wildman–Crippen MR) is 90.3 cm³/mol. The van der Waals surface area contributed by atoms with Crippen LogP contribution in [-0.4, -0.2) is 56.7 Å². The summed E-state index contributed by atoms with van der Waals surface area (Å²) in [5.41, 5.74) is -0.203. The molecule has 0 spiro atoms. The van der Waals surface area contributed by atoms with Crippen molar-refractivity contribution in [2.75, 3.05) is 19.5 Å². The van der Waals surface area contributed by atoms with Crippen LogP contribution in [0.1, 0.15) is 27.2 Å². The molecule has 23 heavy (non-hydrogen) atoms. The molecule has 0 aliphatic rings. The fourth-order valence-corrected chi connectivity index (χ4v) is 2.81. The summed E-state index contributed by atoms with van der Waals surface area (Å²) in [6.45, 7) is 5.92. The molecule has 1 rings (SSSR count). The van der Waals surface area contributed by atoms with Gasteiger partial charge in [0, 0.05) is 24.4 Å². The smallest absolute Gasteiger partial charge is 0.131 e. The van der Waals surface area contributed by atoms with Crippen molar-refractivity contribution < 1.29 is 24.3 Å². The quantitative estimate of drug-likeness (QED) is 0.561. The first-order valence-electron chi connectivity index (χ1n) is 7.50. The molecule has 1 aromatic rings. The van der Waals surface area contributed by atoms with Crippen LogP contribution in [0.2, 0.25) is 0 Å². The first kappa shape index (κ1) is 19.9. The molecule has 0 fully saturated rings. The number of rotatable bonds is 8. The summed E-state index contributed by atoms with van der Waals surface area (Å²) in [6, 6.07) is 4.15. The molecular weight excluding hydrogens is 318 g/mol. The van der Waals surface area contributed by atoms with E-state index in [1.54, 1.807) is 6.07 Å². The van der Waals surface area contributed by atoms with Crippen molar-refractivity contribution in [1.82, 2.24) is 5.32 Å². The molecule has 7 heteroatoms. The molecule has 0 bridgehead atoms. The SMILES string of the molecule is CS(=O)c1cc(OCC(O)C(CCO)NC(C)(C)C)ccc1O. The number of hydrogen-bond acceptors (Lipinski definition) is 6. The van der Waals surface area contributed by atoms with Gasteiger partial charge in [0.2, 0.25) is 0 Å². The highest BCUT2D eigenvalue weighted by molar-refractivity contribution is 7.84. The first-order chi connectivity index (χ1) is 10.6. The molecule has 0 heterocycles. The van der Waals surface area contributed by atoms with Crippen LogP contribution in [0.4, 0.5) is 0 Å². The van der Waals surface area contributed by atoms with Crippen LogP contribution in [-0.2, 0) is 10.8 Å². The van der Waals surface area contributed by atoms with Crippen LogP contribution >= 0.6 is 0 Å². The third-order valence-corrected chi connectivity index (χ3v) is 4.13. The number of phenolic OH excluding ortho intramolecular Hbond substituents is 1. The Hall–Kier alpha value is -1.15. The molecule has 0 saturated heterocycles. The van der Waals surface area contributed by atoms with E-state index in [9.17, 15) is 14.4 Å². The Labute approximate surface area is 140 Å². The lowest BCUT2D eigenvalue weighted by Gasteiger charge is -2.31. The van der Waals surface area contributed by atoms with Crippen LogP contribution in [0.3, 0.4) is 0 Å². The van der Waals surface area contributed by atoms with Crippen LogP contribution < -0.4 is 10.1 Å². The van der Waals surface area contributed by atoms with E-state index >= 15 is 0 Å². The van der Waals surface area contributed by atoms with Crippen LogP contribution in [0.25, 0.3) is 0 Å². The Morgan fingerprint density at radius 3 is 2.52 bits per heavy atom. The third kappa shape index (κ3) is 6.87. The van der Waals surface area contributed by atoms with E-state index in [1.807, 2.05) is 20.8 Å². The minimum Gasteiger partial charge on any atom is -0.507 e. The highest BCUT2D eigenvalue weighted by atomic mass is 32.2. The van der Waals surface area contributed by atoms with Gasteiger partial charge < -0.3 is 25.4 Å². The average molecular weight is 345 g/mol. The maximum Gasteiger partial charge on any atom is 0.131 e. The Bertz CT molecular complexity index is 530. The summed E-state index contributed by atoms with van der Waals surface area (Å²) < 4.78 is 17.1. The van der Waals surface area contributed by atoms with Crippen molar-refractivity contribution in [3.8, 4) is 11.5 Å². The maximum absolute atomic E-state index is 11.5. The molecule has 0 radical (unpaired) electrons. The zero-order valence-corrected chi connectivity index (χ0v) is 14.9. The van der Waals surface area contributed by atoms with E-state index in [0.717, 1.165) is 0 Å². The number of ether oxygens (including phenoxy) is 1. The fraction of sp³-hybridized carbons (Fsp3) is 0.625. The van der Waals surface area contributed by atoms with Gasteiger partial charge in [-0.15, -0.1) is 0 Å². The summed E-state index contributed by atoms with van der Waals surface area (Å²) in [5, 5.41) is 32.3. The van der Waals surface area contributed by atoms with Crippen molar-refractivity contribution in [1.29, 1.82) is 0 Å². The van der Waals surface area contributed by atoms with E-state index in [4.69, 9.17) is 9.84 Å². The van der Waals surface area contributed by atoms with Gasteiger partial charge >= 0.3 is 0 Å². The molecule has 0 aliphatic carbocycles. The molecule has 0 saturated carbocycles. The summed E-state index contributed by atoms with van der Waals surface area (Å²) in [7, 11) is -1.33. The van der Waals surface area contributed by atoms with E-state index < -0.39 is 16.9 Å². The monoisotopic (exact) mass is 345 g/mol. The Morgan fingerprint density at radius 2 is 2.00 bits per heavy atom. The van der Waals surface area contributed by atoms with Gasteiger partial charge in [0.1, 0.15) is 24.2 Å². The van der Waals surface area contributed by atoms with Gasteiger partial charge in [-0.05, 0) is 45.4 Å². The molecule has 3 atom stereocenters. The van der Waals surface area contributed by atoms with E-state index in [2.05, 4.69) is 5.32 Å². The van der Waals surface area contributed by atoms with E-state index in [0.29, 0.717) is 12.2 Å². The second-order valence-electron chi connectivity index (χ2n) is 6.48. The normalized spacial score (nSPS) is 15.9. The van der Waals surface area contributed by atoms with Gasteiger partial charge in [0.15, 0.2) is 0 Å². The molecule has 0 amide bonds. The highest BCUT2D eigenvalue weighted by Gasteiger charge is 2.24. The number of hydrogen-bond donors (Lipinski definition) is 4. The molecule has 6 nitrogen and oxygen atoms in total. The van der Waals surface area contributed by atoms with Gasteiger partial charge in [-0.1, -0.05) is 0 Å². The van der Waals surface area contributed by atoms with Crippen molar-refractivity contribution in [3.05, 3.63) is 18.2 Å². The Morgan fingerprint density at radius 1 is 1.35 bits per heavy atom. The van der Waals surface area contributed by atoms with Crippen LogP contribution in [0, 0.1) is 0 Å². The van der Waals surface area contributed by atoms with Gasteiger partial charge in [0.25, 0.3) is 0 Å². The standard InChI is InChI=1S/C16H27NO5S/c1-16(2,3)17-12(7-8-18)14(20)10-22-11-5-6-13(19)15(9-11)23(4)21/h5-6,9,12,14,17-20H,7-8,10H2,1-4H3. The summed E-state index contributed by atoms with van der Waals surface area (Å²) in [6.07, 6.45) is 1.06. The lowest BCUT2D eigenvalue weighted by atomic mass is 10.0. The first-order valence-corrected chi connectivity index (χ1v) is 9.05. The minimum absolute atomic E-state index is 0.0221. The van der Waals surface area contributed by atoms with Crippen molar-refractivity contribution in [3.63, 3.8) is 0 Å². The minimum atomic E-state index is -1.33. The Balaban J connectivity index is 2.71. The van der Waals surface area contributed by atoms with Gasteiger partial charge in [-0.25, -0.2) is 0 Å². The fourth-order valence-electron chi connectivity index (χ4n) is 2.17. The second-order valence-corrected chi connectivity index (χ2v) is 7.82. The predicted octanol–water partition coefficient (Wildman–Crippen LogP) is 1.01. The van der Waals surface area contributed by atoms with Gasteiger partial charge in [0.05, 0.1) is 15.7 Å². The molecule has 3 unspecified atom stereocenters. The summed E-state index contributed by atoms with van der Waals surface area (Å²) >= 11 is 0. The number of phenols is 1. The second kappa shape index (κ2) is 8.63. The summed E-state index contributed by atoms with van der Waals surface area (Å²) in [4.78, 5) is 0.289. The van der Waals surface area contributed by atoms with Gasteiger partial charge in [-0.2, -0.15) is 0 Å². The molecule has 4 N–H and O–H groups in total. The molecule has 132 valence electrons. The zero-order valence-electron chi connectivity index (χ0n) is 14.1. The van der Waals surface area contributed by atoms with Gasteiger partial charge in [-0.3, -0.25) is 4.21 Å². The number of aliphatic hydroxyl groups is 2. The molecule has 0 aliphatic heterocycles. The number of aromatic hydroxyl groups is 1. The number of benzene rings is 1. The van der Waals surface area contributed by atoms with Crippen molar-refractivity contribution in [2.45, 2.75) is 49.8 Å². The molecular formula is C16H27NO5S. The molecule has 0 aromatic heterocycles. The topological polar surface area (TPSA) is 99.0 Å². The number of nitrogens with one attached hydrogen (secondary N) is 1. The Kier molecular flexibility index (Phi) is 7.47. The van der Waals surface area contributed by atoms with Crippen molar-refractivity contribution >= 4 is 10.8 Å². The maximum atomic E-state index is 11.5. The molecule has 1 aromatic carbocycles. The van der Waals surface area contributed by atoms with Crippen LogP contribution in [0.15, 0.2) is 23.1 Å². The highest BCUT2D eigenvalue weighted by Crippen LogP contribution is 2.25. The third-order valence-electron chi connectivity index (χ3n) is 3.18.